The van der Waals surface area contributed by atoms with E-state index in [-0.39, 0.29) is 10.9 Å². The molecule has 0 N–H and O–H groups in total. The van der Waals surface area contributed by atoms with Crippen molar-refractivity contribution < 1.29 is 4.39 Å². The third-order valence-electron chi connectivity index (χ3n) is 3.20. The minimum atomic E-state index is -0.453. The zero-order chi connectivity index (χ0) is 15.0. The molecule has 2 aromatic heterocycles. The molecule has 3 rings (SSSR count). The molecule has 0 radical (unpaired) electrons. The van der Waals surface area contributed by atoms with E-state index < -0.39 is 5.82 Å². The Morgan fingerprint density at radius 3 is 2.71 bits per heavy atom. The lowest BCUT2D eigenvalue weighted by molar-refractivity contribution is 0.627. The van der Waals surface area contributed by atoms with Crippen LogP contribution in [0.15, 0.2) is 24.3 Å². The molecule has 2 nitrogen and oxygen atoms in total. The SMILES string of the molecule is Fc1cc2c(cc1Cl)nc(CCl)n2CCc1ccc(Cl)s1. The number of halogens is 4. The molecule has 7 heteroatoms. The van der Waals surface area contributed by atoms with Gasteiger partial charge in [-0.05, 0) is 24.6 Å². The molecule has 0 aliphatic carbocycles. The molecule has 0 bridgehead atoms. The average Bonchev–Trinajstić information content (AvgIpc) is 3.01. The highest BCUT2D eigenvalue weighted by Crippen LogP contribution is 2.26. The number of hydrogen-bond donors (Lipinski definition) is 0. The van der Waals surface area contributed by atoms with Gasteiger partial charge in [0.05, 0.1) is 26.3 Å². The quantitative estimate of drug-likeness (QED) is 0.558. The summed E-state index contributed by atoms with van der Waals surface area (Å²) in [6.07, 6.45) is 0.789. The van der Waals surface area contributed by atoms with Crippen molar-refractivity contribution in [1.82, 2.24) is 9.55 Å². The molecular weight excluding hydrogens is 354 g/mol. The summed E-state index contributed by atoms with van der Waals surface area (Å²) in [5.74, 6) is 0.514. The fourth-order valence-corrected chi connectivity index (χ4v) is 3.67. The van der Waals surface area contributed by atoms with E-state index in [2.05, 4.69) is 4.98 Å². The van der Waals surface area contributed by atoms with Gasteiger partial charge < -0.3 is 4.57 Å². The van der Waals surface area contributed by atoms with Crippen molar-refractivity contribution >= 4 is 57.2 Å². The summed E-state index contributed by atoms with van der Waals surface area (Å²) in [5, 5.41) is 0.0679. The summed E-state index contributed by atoms with van der Waals surface area (Å²) in [5.41, 5.74) is 1.36. The number of thiophene rings is 1. The van der Waals surface area contributed by atoms with Crippen LogP contribution in [0.3, 0.4) is 0 Å². The first kappa shape index (κ1) is 15.1. The van der Waals surface area contributed by atoms with Crippen LogP contribution in [0.1, 0.15) is 10.7 Å². The van der Waals surface area contributed by atoms with Crippen molar-refractivity contribution in [1.29, 1.82) is 0 Å². The summed E-state index contributed by atoms with van der Waals surface area (Å²) in [7, 11) is 0. The lowest BCUT2D eigenvalue weighted by Crippen LogP contribution is -2.04. The maximum Gasteiger partial charge on any atom is 0.144 e. The predicted molar refractivity (Wildman–Crippen MR) is 87.3 cm³/mol. The van der Waals surface area contributed by atoms with Crippen LogP contribution in [0.2, 0.25) is 9.36 Å². The van der Waals surface area contributed by atoms with Crippen LogP contribution in [0, 0.1) is 5.82 Å². The number of benzene rings is 1. The number of hydrogen-bond acceptors (Lipinski definition) is 2. The van der Waals surface area contributed by atoms with Crippen LogP contribution in [0.5, 0.6) is 0 Å². The fraction of sp³-hybridized carbons (Fsp3) is 0.214. The van der Waals surface area contributed by atoms with Gasteiger partial charge in [0.1, 0.15) is 11.6 Å². The van der Waals surface area contributed by atoms with E-state index in [4.69, 9.17) is 34.8 Å². The van der Waals surface area contributed by atoms with E-state index in [9.17, 15) is 4.39 Å². The Kier molecular flexibility index (Phi) is 4.41. The predicted octanol–water partition coefficient (Wildman–Crippen LogP) is 5.53. The number of fused-ring (bicyclic) bond motifs is 1. The van der Waals surface area contributed by atoms with Gasteiger partial charge >= 0.3 is 0 Å². The second kappa shape index (κ2) is 6.13. The molecule has 0 spiro atoms. The number of nitrogens with zero attached hydrogens (tertiary/aromatic N) is 2. The van der Waals surface area contributed by atoms with E-state index in [1.807, 2.05) is 16.7 Å². The molecule has 110 valence electrons. The van der Waals surface area contributed by atoms with Crippen LogP contribution in [-0.2, 0) is 18.8 Å². The molecule has 1 aromatic carbocycles. The van der Waals surface area contributed by atoms with Crippen LogP contribution in [-0.4, -0.2) is 9.55 Å². The Labute approximate surface area is 140 Å². The van der Waals surface area contributed by atoms with Gasteiger partial charge in [-0.25, -0.2) is 9.37 Å². The molecule has 0 aliphatic rings. The zero-order valence-electron chi connectivity index (χ0n) is 10.7. The first-order chi connectivity index (χ1) is 10.1. The zero-order valence-corrected chi connectivity index (χ0v) is 13.8. The monoisotopic (exact) mass is 362 g/mol. The molecular formula is C14H10Cl3FN2S. The highest BCUT2D eigenvalue weighted by Gasteiger charge is 2.13. The largest absolute Gasteiger partial charge is 0.327 e. The summed E-state index contributed by atoms with van der Waals surface area (Å²) in [4.78, 5) is 5.57. The Bertz CT molecular complexity index is 797. The third kappa shape index (κ3) is 3.04. The molecule has 2 heterocycles. The lowest BCUT2D eigenvalue weighted by atomic mass is 10.3. The topological polar surface area (TPSA) is 17.8 Å². The van der Waals surface area contributed by atoms with Gasteiger partial charge in [0.2, 0.25) is 0 Å². The Balaban J connectivity index is 1.97. The van der Waals surface area contributed by atoms with Crippen LogP contribution >= 0.6 is 46.1 Å². The summed E-state index contributed by atoms with van der Waals surface area (Å²) >= 11 is 19.2. The van der Waals surface area contributed by atoms with Crippen LogP contribution in [0.4, 0.5) is 4.39 Å². The van der Waals surface area contributed by atoms with Gasteiger partial charge in [-0.2, -0.15) is 0 Å². The Morgan fingerprint density at radius 2 is 2.05 bits per heavy atom. The lowest BCUT2D eigenvalue weighted by Gasteiger charge is -2.07. The highest BCUT2D eigenvalue weighted by atomic mass is 35.5. The van der Waals surface area contributed by atoms with Gasteiger partial charge in [0.25, 0.3) is 0 Å². The van der Waals surface area contributed by atoms with Crippen LogP contribution < -0.4 is 0 Å². The fourth-order valence-electron chi connectivity index (χ4n) is 2.23. The molecule has 0 aliphatic heterocycles. The average molecular weight is 364 g/mol. The summed E-state index contributed by atoms with van der Waals surface area (Å²) < 4.78 is 16.4. The maximum absolute atomic E-state index is 13.7. The number of alkyl halides is 1. The van der Waals surface area contributed by atoms with Gasteiger partial charge in [-0.1, -0.05) is 23.2 Å². The molecule has 0 saturated heterocycles. The number of rotatable bonds is 4. The van der Waals surface area contributed by atoms with Crippen molar-refractivity contribution in [2.24, 2.45) is 0 Å². The molecule has 0 fully saturated rings. The van der Waals surface area contributed by atoms with E-state index in [0.717, 1.165) is 15.6 Å². The molecule has 21 heavy (non-hydrogen) atoms. The summed E-state index contributed by atoms with van der Waals surface area (Å²) in [6, 6.07) is 6.79. The van der Waals surface area contributed by atoms with Crippen molar-refractivity contribution in [3.05, 3.63) is 50.1 Å². The van der Waals surface area contributed by atoms with E-state index in [1.165, 1.54) is 23.5 Å². The first-order valence-corrected chi connectivity index (χ1v) is 8.33. The van der Waals surface area contributed by atoms with E-state index in [0.29, 0.717) is 23.4 Å². The standard InChI is InChI=1S/C14H10Cl3FN2S/c15-7-14-19-11-5-9(16)10(18)6-12(11)20(14)4-3-8-1-2-13(17)21-8/h1-2,5-6H,3-4,7H2. The minimum Gasteiger partial charge on any atom is -0.327 e. The summed E-state index contributed by atoms with van der Waals surface area (Å²) in [6.45, 7) is 0.663. The molecule has 0 amide bonds. The van der Waals surface area contributed by atoms with E-state index >= 15 is 0 Å². The molecule has 0 saturated carbocycles. The Hall–Kier alpha value is -0.810. The first-order valence-electron chi connectivity index (χ1n) is 6.23. The van der Waals surface area contributed by atoms with Gasteiger partial charge in [-0.3, -0.25) is 0 Å². The van der Waals surface area contributed by atoms with Crippen molar-refractivity contribution in [3.63, 3.8) is 0 Å². The normalized spacial score (nSPS) is 11.4. The second-order valence-electron chi connectivity index (χ2n) is 4.52. The number of imidazole rings is 1. The van der Waals surface area contributed by atoms with Crippen LogP contribution in [0.25, 0.3) is 11.0 Å². The van der Waals surface area contributed by atoms with Crippen molar-refractivity contribution in [2.45, 2.75) is 18.8 Å². The maximum atomic E-state index is 13.7. The van der Waals surface area contributed by atoms with Gasteiger partial charge in [0, 0.05) is 17.5 Å². The third-order valence-corrected chi connectivity index (χ3v) is 5.02. The minimum absolute atomic E-state index is 0.0679. The highest BCUT2D eigenvalue weighted by molar-refractivity contribution is 7.16. The molecule has 0 atom stereocenters. The number of aromatic nitrogens is 2. The van der Waals surface area contributed by atoms with Gasteiger partial charge in [-0.15, -0.1) is 22.9 Å². The molecule has 3 aromatic rings. The van der Waals surface area contributed by atoms with Crippen molar-refractivity contribution in [3.8, 4) is 0 Å². The number of aryl methyl sites for hydroxylation is 2. The smallest absolute Gasteiger partial charge is 0.144 e. The molecule has 0 unspecified atom stereocenters. The van der Waals surface area contributed by atoms with Crippen molar-refractivity contribution in [2.75, 3.05) is 0 Å². The van der Waals surface area contributed by atoms with Gasteiger partial charge in [0.15, 0.2) is 0 Å². The van der Waals surface area contributed by atoms with E-state index in [1.54, 1.807) is 0 Å². The second-order valence-corrected chi connectivity index (χ2v) is 7.00. The Morgan fingerprint density at radius 1 is 1.24 bits per heavy atom.